The third kappa shape index (κ3) is 4.13. The van der Waals surface area contributed by atoms with E-state index in [1.54, 1.807) is 11.3 Å². The van der Waals surface area contributed by atoms with Crippen LogP contribution in [0.1, 0.15) is 23.5 Å². The lowest BCUT2D eigenvalue weighted by atomic mass is 9.88. The lowest BCUT2D eigenvalue weighted by Gasteiger charge is -2.18. The third-order valence-electron chi connectivity index (χ3n) is 5.36. The highest BCUT2D eigenvalue weighted by atomic mass is 32.1. The van der Waals surface area contributed by atoms with Crippen molar-refractivity contribution in [3.63, 3.8) is 0 Å². The molecule has 0 aliphatic carbocycles. The number of fused-ring (bicyclic) bond motifs is 1. The minimum Gasteiger partial charge on any atom is -0.325 e. The zero-order chi connectivity index (χ0) is 21.0. The average Bonchev–Trinajstić information content (AvgIpc) is 3.42. The molecule has 0 saturated carbocycles. The van der Waals surface area contributed by atoms with Crippen molar-refractivity contribution >= 4 is 27.9 Å². The van der Waals surface area contributed by atoms with Gasteiger partial charge in [0.2, 0.25) is 5.91 Å². The third-order valence-corrected chi connectivity index (χ3v) is 6.13. The van der Waals surface area contributed by atoms with Crippen LogP contribution in [0.15, 0.2) is 103 Å². The van der Waals surface area contributed by atoms with Crippen LogP contribution in [-0.4, -0.2) is 15.3 Å². The monoisotopic (exact) mass is 423 g/mol. The molecule has 1 N–H and O–H groups in total. The van der Waals surface area contributed by atoms with Gasteiger partial charge >= 0.3 is 0 Å². The molecule has 0 spiro atoms. The summed E-state index contributed by atoms with van der Waals surface area (Å²) in [5.74, 6) is -0.0290. The Hall–Kier alpha value is -3.70. The predicted octanol–water partition coefficient (Wildman–Crippen LogP) is 6.22. The van der Waals surface area contributed by atoms with E-state index in [0.29, 0.717) is 6.42 Å². The fourth-order valence-corrected chi connectivity index (χ4v) is 4.56. The van der Waals surface area contributed by atoms with Gasteiger partial charge < -0.3 is 5.32 Å². The number of thiazole rings is 1. The number of nitrogens with one attached hydrogen (secondary N) is 1. The van der Waals surface area contributed by atoms with Gasteiger partial charge in [-0.3, -0.25) is 9.20 Å². The SMILES string of the molecule is O=C(CC(c1ccccc1)c1ccccc1)Nc1ccccc1-c1cn2ccsc2n1. The van der Waals surface area contributed by atoms with Crippen LogP contribution in [0.3, 0.4) is 0 Å². The molecular weight excluding hydrogens is 402 g/mol. The molecule has 5 rings (SSSR count). The summed E-state index contributed by atoms with van der Waals surface area (Å²) in [4.78, 5) is 18.8. The second kappa shape index (κ2) is 8.58. The lowest BCUT2D eigenvalue weighted by Crippen LogP contribution is -2.17. The second-order valence-electron chi connectivity index (χ2n) is 7.39. The van der Waals surface area contributed by atoms with Gasteiger partial charge in [-0.1, -0.05) is 78.9 Å². The maximum atomic E-state index is 13.1. The standard InChI is InChI=1S/C26H21N3OS/c30-25(17-22(19-9-3-1-4-10-19)20-11-5-2-6-12-20)27-23-14-8-7-13-21(23)24-18-29-15-16-31-26(29)28-24/h1-16,18,22H,17H2,(H,27,30). The molecule has 0 unspecified atom stereocenters. The van der Waals surface area contributed by atoms with Crippen molar-refractivity contribution in [2.75, 3.05) is 5.32 Å². The van der Waals surface area contributed by atoms with Crippen LogP contribution in [0.2, 0.25) is 0 Å². The molecule has 5 heteroatoms. The molecule has 152 valence electrons. The molecule has 4 nitrogen and oxygen atoms in total. The van der Waals surface area contributed by atoms with Crippen LogP contribution in [-0.2, 0) is 4.79 Å². The normalized spacial score (nSPS) is 11.1. The zero-order valence-corrected chi connectivity index (χ0v) is 17.6. The first-order valence-electron chi connectivity index (χ1n) is 10.2. The van der Waals surface area contributed by atoms with Gasteiger partial charge in [0.05, 0.1) is 11.4 Å². The van der Waals surface area contributed by atoms with E-state index in [1.807, 2.05) is 82.8 Å². The Bertz CT molecular complexity index is 1240. The van der Waals surface area contributed by atoms with Gasteiger partial charge in [-0.2, -0.15) is 0 Å². The Labute approximate surface area is 184 Å². The quantitative estimate of drug-likeness (QED) is 0.352. The Balaban J connectivity index is 1.41. The van der Waals surface area contributed by atoms with Gasteiger partial charge in [-0.15, -0.1) is 11.3 Å². The molecule has 3 aromatic carbocycles. The molecule has 0 aliphatic rings. The van der Waals surface area contributed by atoms with Crippen molar-refractivity contribution in [2.45, 2.75) is 12.3 Å². The van der Waals surface area contributed by atoms with E-state index >= 15 is 0 Å². The number of benzene rings is 3. The molecular formula is C26H21N3OS. The molecule has 0 atom stereocenters. The minimum atomic E-state index is -0.0221. The number of para-hydroxylation sites is 1. The molecule has 0 bridgehead atoms. The summed E-state index contributed by atoms with van der Waals surface area (Å²) < 4.78 is 2.00. The van der Waals surface area contributed by atoms with Gasteiger partial charge in [-0.25, -0.2) is 4.98 Å². The highest BCUT2D eigenvalue weighted by molar-refractivity contribution is 7.15. The summed E-state index contributed by atoms with van der Waals surface area (Å²) in [5, 5.41) is 5.14. The van der Waals surface area contributed by atoms with Crippen molar-refractivity contribution in [3.05, 3.63) is 114 Å². The number of amides is 1. The molecule has 0 fully saturated rings. The van der Waals surface area contributed by atoms with E-state index in [4.69, 9.17) is 4.98 Å². The van der Waals surface area contributed by atoms with E-state index in [1.165, 1.54) is 0 Å². The molecule has 0 radical (unpaired) electrons. The number of anilines is 1. The van der Waals surface area contributed by atoms with Gasteiger partial charge in [0.1, 0.15) is 0 Å². The Morgan fingerprint density at radius 3 is 2.23 bits per heavy atom. The average molecular weight is 424 g/mol. The number of aromatic nitrogens is 2. The fourth-order valence-electron chi connectivity index (χ4n) is 3.86. The first kappa shape index (κ1) is 19.3. The van der Waals surface area contributed by atoms with Crippen LogP contribution in [0, 0.1) is 0 Å². The number of imidazole rings is 1. The van der Waals surface area contributed by atoms with Crippen LogP contribution in [0.5, 0.6) is 0 Å². The molecule has 2 aromatic heterocycles. The maximum Gasteiger partial charge on any atom is 0.225 e. The van der Waals surface area contributed by atoms with Crippen molar-refractivity contribution < 1.29 is 4.79 Å². The van der Waals surface area contributed by atoms with E-state index in [-0.39, 0.29) is 11.8 Å². The number of nitrogens with zero attached hydrogens (tertiary/aromatic N) is 2. The number of hydrogen-bond donors (Lipinski definition) is 1. The zero-order valence-electron chi connectivity index (χ0n) is 16.8. The molecule has 1 amide bonds. The predicted molar refractivity (Wildman–Crippen MR) is 126 cm³/mol. The van der Waals surface area contributed by atoms with Gasteiger partial charge in [0, 0.05) is 35.7 Å². The number of carbonyl (C=O) groups is 1. The summed E-state index contributed by atoms with van der Waals surface area (Å²) >= 11 is 1.59. The van der Waals surface area contributed by atoms with Crippen LogP contribution in [0.25, 0.3) is 16.2 Å². The van der Waals surface area contributed by atoms with Crippen molar-refractivity contribution in [3.8, 4) is 11.3 Å². The highest BCUT2D eigenvalue weighted by Crippen LogP contribution is 2.31. The number of rotatable bonds is 6. The molecule has 5 aromatic rings. The number of carbonyl (C=O) groups excluding carboxylic acids is 1. The van der Waals surface area contributed by atoms with Crippen molar-refractivity contribution in [1.82, 2.24) is 9.38 Å². The van der Waals surface area contributed by atoms with E-state index in [9.17, 15) is 4.79 Å². The molecule has 0 aliphatic heterocycles. The topological polar surface area (TPSA) is 46.4 Å². The summed E-state index contributed by atoms with van der Waals surface area (Å²) in [6.45, 7) is 0. The first-order valence-corrected chi connectivity index (χ1v) is 11.1. The molecule has 0 saturated heterocycles. The summed E-state index contributed by atoms with van der Waals surface area (Å²) in [5.41, 5.74) is 4.81. The second-order valence-corrected chi connectivity index (χ2v) is 8.26. The van der Waals surface area contributed by atoms with Crippen molar-refractivity contribution in [2.24, 2.45) is 0 Å². The van der Waals surface area contributed by atoms with Crippen LogP contribution < -0.4 is 5.32 Å². The molecule has 2 heterocycles. The van der Waals surface area contributed by atoms with Gasteiger partial charge in [0.25, 0.3) is 0 Å². The molecule has 31 heavy (non-hydrogen) atoms. The summed E-state index contributed by atoms with van der Waals surface area (Å²) in [6, 6.07) is 28.2. The minimum absolute atomic E-state index is 0.00694. The number of hydrogen-bond acceptors (Lipinski definition) is 3. The van der Waals surface area contributed by atoms with Gasteiger partial charge in [0.15, 0.2) is 4.96 Å². The first-order chi connectivity index (χ1) is 15.3. The fraction of sp³-hybridized carbons (Fsp3) is 0.0769. The Morgan fingerprint density at radius 2 is 1.55 bits per heavy atom. The van der Waals surface area contributed by atoms with Crippen LogP contribution in [0.4, 0.5) is 5.69 Å². The summed E-state index contributed by atoms with van der Waals surface area (Å²) in [6.07, 6.45) is 4.34. The van der Waals surface area contributed by atoms with E-state index in [2.05, 4.69) is 29.6 Å². The van der Waals surface area contributed by atoms with Crippen molar-refractivity contribution in [1.29, 1.82) is 0 Å². The van der Waals surface area contributed by atoms with E-state index in [0.717, 1.165) is 33.0 Å². The summed E-state index contributed by atoms with van der Waals surface area (Å²) in [7, 11) is 0. The Morgan fingerprint density at radius 1 is 0.903 bits per heavy atom. The Kier molecular flexibility index (Phi) is 5.33. The lowest BCUT2D eigenvalue weighted by molar-refractivity contribution is -0.116. The largest absolute Gasteiger partial charge is 0.325 e. The van der Waals surface area contributed by atoms with E-state index < -0.39 is 0 Å². The van der Waals surface area contributed by atoms with Gasteiger partial charge in [-0.05, 0) is 17.2 Å². The maximum absolute atomic E-state index is 13.1. The van der Waals surface area contributed by atoms with Crippen LogP contribution >= 0.6 is 11.3 Å². The smallest absolute Gasteiger partial charge is 0.225 e. The highest BCUT2D eigenvalue weighted by Gasteiger charge is 2.19.